The predicted molar refractivity (Wildman–Crippen MR) is 96.5 cm³/mol. The van der Waals surface area contributed by atoms with Gasteiger partial charge in [-0.1, -0.05) is 56.3 Å². The topological polar surface area (TPSA) is 94.0 Å². The molecule has 8 nitrogen and oxygen atoms in total. The summed E-state index contributed by atoms with van der Waals surface area (Å²) in [5, 5.41) is 11.6. The van der Waals surface area contributed by atoms with E-state index in [1.807, 2.05) is 57.2 Å². The molecule has 4 aromatic rings. The van der Waals surface area contributed by atoms with E-state index in [0.717, 1.165) is 17.1 Å². The van der Waals surface area contributed by atoms with Gasteiger partial charge in [-0.2, -0.15) is 19.6 Å². The van der Waals surface area contributed by atoms with Crippen LogP contribution in [0.2, 0.25) is 0 Å². The first-order valence-electron chi connectivity index (χ1n) is 8.34. The molecule has 8 heteroatoms. The van der Waals surface area contributed by atoms with E-state index in [1.165, 1.54) is 6.33 Å². The summed E-state index contributed by atoms with van der Waals surface area (Å²) in [5.41, 5.74) is 1.65. The first-order valence-corrected chi connectivity index (χ1v) is 8.34. The van der Waals surface area contributed by atoms with E-state index < -0.39 is 0 Å². The fourth-order valence-corrected chi connectivity index (χ4v) is 2.49. The summed E-state index contributed by atoms with van der Waals surface area (Å²) in [6.45, 7) is 6.51. The predicted octanol–water partition coefficient (Wildman–Crippen LogP) is 3.08. The second kappa shape index (κ2) is 6.21. The van der Waals surface area contributed by atoms with Crippen molar-refractivity contribution in [2.45, 2.75) is 32.7 Å². The number of benzene rings is 1. The zero-order valence-electron chi connectivity index (χ0n) is 14.8. The van der Waals surface area contributed by atoms with Crippen LogP contribution in [0.5, 0.6) is 0 Å². The second-order valence-electron chi connectivity index (χ2n) is 6.98. The average molecular weight is 349 g/mol. The molecule has 0 unspecified atom stereocenters. The van der Waals surface area contributed by atoms with Crippen LogP contribution >= 0.6 is 0 Å². The number of fused-ring (bicyclic) bond motifs is 1. The van der Waals surface area contributed by atoms with Crippen LogP contribution in [0.25, 0.3) is 17.0 Å². The number of anilines is 1. The van der Waals surface area contributed by atoms with E-state index in [2.05, 4.69) is 30.5 Å². The molecular weight excluding hydrogens is 330 g/mol. The van der Waals surface area contributed by atoms with Gasteiger partial charge in [0.15, 0.2) is 5.82 Å². The van der Waals surface area contributed by atoms with Gasteiger partial charge >= 0.3 is 0 Å². The number of aromatic nitrogens is 6. The highest BCUT2D eigenvalue weighted by molar-refractivity contribution is 5.65. The number of hydrogen-bond acceptors (Lipinski definition) is 7. The number of rotatable bonds is 4. The molecule has 0 amide bonds. The molecule has 0 radical (unpaired) electrons. The van der Waals surface area contributed by atoms with Crippen molar-refractivity contribution < 1.29 is 4.52 Å². The maximum absolute atomic E-state index is 5.33. The minimum absolute atomic E-state index is 0.179. The van der Waals surface area contributed by atoms with Gasteiger partial charge in [0.1, 0.15) is 12.1 Å². The van der Waals surface area contributed by atoms with E-state index in [0.29, 0.717) is 24.0 Å². The highest BCUT2D eigenvalue weighted by atomic mass is 16.5. The van der Waals surface area contributed by atoms with Crippen LogP contribution in [0.4, 0.5) is 5.82 Å². The van der Waals surface area contributed by atoms with Crippen LogP contribution in [0.15, 0.2) is 47.2 Å². The second-order valence-corrected chi connectivity index (χ2v) is 6.98. The Labute approximate surface area is 150 Å². The lowest BCUT2D eigenvalue weighted by molar-refractivity contribution is 0.318. The van der Waals surface area contributed by atoms with E-state index in [1.54, 1.807) is 4.52 Å². The van der Waals surface area contributed by atoms with Crippen molar-refractivity contribution >= 4 is 11.6 Å². The van der Waals surface area contributed by atoms with Crippen molar-refractivity contribution in [2.24, 2.45) is 0 Å². The summed E-state index contributed by atoms with van der Waals surface area (Å²) in [5.74, 6) is 2.48. The highest BCUT2D eigenvalue weighted by Crippen LogP contribution is 2.22. The summed E-state index contributed by atoms with van der Waals surface area (Å²) in [4.78, 5) is 13.2. The third-order valence-electron chi connectivity index (χ3n) is 3.86. The molecule has 3 heterocycles. The summed E-state index contributed by atoms with van der Waals surface area (Å²) >= 11 is 0. The molecule has 1 N–H and O–H groups in total. The molecular formula is C18H19N7O. The molecule has 0 saturated heterocycles. The van der Waals surface area contributed by atoms with Gasteiger partial charge in [-0.3, -0.25) is 0 Å². The fraction of sp³-hybridized carbons (Fsp3) is 0.278. The van der Waals surface area contributed by atoms with Gasteiger partial charge in [-0.05, 0) is 0 Å². The SMILES string of the molecule is CC(C)(C)c1nc(CNc2cc(-c3ccccc3)nc3ncnn23)no1. The van der Waals surface area contributed by atoms with Gasteiger partial charge in [0.25, 0.3) is 5.78 Å². The van der Waals surface area contributed by atoms with Crippen molar-refractivity contribution in [1.82, 2.24) is 29.7 Å². The fourth-order valence-electron chi connectivity index (χ4n) is 2.49. The molecule has 0 atom stereocenters. The molecule has 0 fully saturated rings. The Morgan fingerprint density at radius 2 is 1.92 bits per heavy atom. The van der Waals surface area contributed by atoms with Crippen molar-refractivity contribution in [3.8, 4) is 11.3 Å². The minimum atomic E-state index is -0.179. The van der Waals surface area contributed by atoms with E-state index in [-0.39, 0.29) is 5.41 Å². The quantitative estimate of drug-likeness (QED) is 0.605. The zero-order valence-corrected chi connectivity index (χ0v) is 14.8. The molecule has 0 aliphatic carbocycles. The van der Waals surface area contributed by atoms with E-state index in [9.17, 15) is 0 Å². The molecule has 0 saturated carbocycles. The first kappa shape index (κ1) is 16.2. The molecule has 3 aromatic heterocycles. The largest absolute Gasteiger partial charge is 0.362 e. The number of nitrogens with zero attached hydrogens (tertiary/aromatic N) is 6. The Morgan fingerprint density at radius 3 is 2.65 bits per heavy atom. The van der Waals surface area contributed by atoms with Crippen LogP contribution in [0, 0.1) is 0 Å². The number of nitrogens with one attached hydrogen (secondary N) is 1. The molecule has 132 valence electrons. The Bertz CT molecular complexity index is 1030. The van der Waals surface area contributed by atoms with Crippen molar-refractivity contribution in [2.75, 3.05) is 5.32 Å². The lowest BCUT2D eigenvalue weighted by Crippen LogP contribution is -2.12. The molecule has 0 spiro atoms. The summed E-state index contributed by atoms with van der Waals surface area (Å²) in [6, 6.07) is 11.9. The van der Waals surface area contributed by atoms with E-state index >= 15 is 0 Å². The molecule has 0 bridgehead atoms. The van der Waals surface area contributed by atoms with Gasteiger partial charge < -0.3 is 9.84 Å². The Kier molecular flexibility index (Phi) is 3.87. The molecule has 1 aromatic carbocycles. The lowest BCUT2D eigenvalue weighted by atomic mass is 9.97. The zero-order chi connectivity index (χ0) is 18.1. The highest BCUT2D eigenvalue weighted by Gasteiger charge is 2.21. The molecule has 0 aliphatic heterocycles. The maximum atomic E-state index is 5.33. The third-order valence-corrected chi connectivity index (χ3v) is 3.86. The third kappa shape index (κ3) is 3.13. The van der Waals surface area contributed by atoms with E-state index in [4.69, 9.17) is 4.52 Å². The number of hydrogen-bond donors (Lipinski definition) is 1. The lowest BCUT2D eigenvalue weighted by Gasteiger charge is -2.10. The monoisotopic (exact) mass is 349 g/mol. The average Bonchev–Trinajstić information content (AvgIpc) is 3.29. The van der Waals surface area contributed by atoms with Crippen LogP contribution in [0.1, 0.15) is 32.5 Å². The maximum Gasteiger partial charge on any atom is 0.254 e. The molecule has 4 rings (SSSR count). The summed E-state index contributed by atoms with van der Waals surface area (Å²) in [6.07, 6.45) is 1.48. The van der Waals surface area contributed by atoms with Crippen molar-refractivity contribution in [1.29, 1.82) is 0 Å². The van der Waals surface area contributed by atoms with Crippen LogP contribution < -0.4 is 5.32 Å². The van der Waals surface area contributed by atoms with Crippen LogP contribution in [-0.2, 0) is 12.0 Å². The standard InChI is InChI=1S/C18H19N7O/c1-18(2,3)16-23-14(24-26-16)10-19-15-9-13(12-7-5-4-6-8-12)22-17-20-11-21-25(15)17/h4-9,11,19H,10H2,1-3H3. The Balaban J connectivity index is 1.63. The first-order chi connectivity index (χ1) is 12.5. The summed E-state index contributed by atoms with van der Waals surface area (Å²) in [7, 11) is 0. The van der Waals surface area contributed by atoms with Crippen molar-refractivity contribution in [3.05, 3.63) is 54.4 Å². The van der Waals surface area contributed by atoms with Crippen molar-refractivity contribution in [3.63, 3.8) is 0 Å². The smallest absolute Gasteiger partial charge is 0.254 e. The van der Waals surface area contributed by atoms with Gasteiger partial charge in [0.05, 0.1) is 12.2 Å². The Morgan fingerprint density at radius 1 is 1.12 bits per heavy atom. The normalized spacial score (nSPS) is 11.8. The van der Waals surface area contributed by atoms with Gasteiger partial charge in [-0.15, -0.1) is 0 Å². The minimum Gasteiger partial charge on any atom is -0.362 e. The molecule has 0 aliphatic rings. The Hall–Kier alpha value is -3.29. The molecule has 26 heavy (non-hydrogen) atoms. The van der Waals surface area contributed by atoms with Gasteiger partial charge in [0, 0.05) is 17.0 Å². The van der Waals surface area contributed by atoms with Crippen LogP contribution in [-0.4, -0.2) is 29.7 Å². The summed E-state index contributed by atoms with van der Waals surface area (Å²) < 4.78 is 6.98. The van der Waals surface area contributed by atoms with Gasteiger partial charge in [0.2, 0.25) is 5.89 Å². The van der Waals surface area contributed by atoms with Gasteiger partial charge in [-0.25, -0.2) is 4.98 Å². The van der Waals surface area contributed by atoms with Crippen LogP contribution in [0.3, 0.4) is 0 Å².